The molecule has 0 fully saturated rings. The van der Waals surface area contributed by atoms with Crippen LogP contribution in [0.2, 0.25) is 19.6 Å². The van der Waals surface area contributed by atoms with Crippen LogP contribution in [0.15, 0.2) is 59.8 Å². The Balaban J connectivity index is 2.33. The molecule has 3 aromatic rings. The average molecular weight is 330 g/mol. The zero-order chi connectivity index (χ0) is 16.0. The first-order chi connectivity index (χ1) is 10.3. The third kappa shape index (κ3) is 2.38. The van der Waals surface area contributed by atoms with E-state index in [1.165, 1.54) is 3.97 Å². The summed E-state index contributed by atoms with van der Waals surface area (Å²) in [7, 11) is -5.31. The van der Waals surface area contributed by atoms with Gasteiger partial charge in [-0.05, 0) is 29.5 Å². The molecule has 1 aromatic carbocycles. The average Bonchev–Trinajstić information content (AvgIpc) is 2.88. The van der Waals surface area contributed by atoms with Crippen molar-refractivity contribution in [3.05, 3.63) is 54.9 Å². The van der Waals surface area contributed by atoms with Gasteiger partial charge in [-0.1, -0.05) is 37.8 Å². The first-order valence-corrected chi connectivity index (χ1v) is 12.0. The van der Waals surface area contributed by atoms with E-state index in [1.807, 2.05) is 12.1 Å². The monoisotopic (exact) mass is 330 g/mol. The summed E-state index contributed by atoms with van der Waals surface area (Å²) in [6.07, 6.45) is 3.39. The van der Waals surface area contributed by atoms with Gasteiger partial charge >= 0.3 is 0 Å². The molecule has 22 heavy (non-hydrogen) atoms. The SMILES string of the molecule is C[Si](C)(C)c1cn(S(=O)(=O)c2ccccc2)c2ncccc12. The Morgan fingerprint density at radius 1 is 1.00 bits per heavy atom. The molecule has 114 valence electrons. The summed E-state index contributed by atoms with van der Waals surface area (Å²) < 4.78 is 27.2. The van der Waals surface area contributed by atoms with Gasteiger partial charge in [-0.3, -0.25) is 0 Å². The highest BCUT2D eigenvalue weighted by atomic mass is 32.2. The van der Waals surface area contributed by atoms with Gasteiger partial charge in [0.25, 0.3) is 10.0 Å². The van der Waals surface area contributed by atoms with Crippen LogP contribution in [-0.2, 0) is 10.0 Å². The van der Waals surface area contributed by atoms with E-state index in [9.17, 15) is 8.42 Å². The van der Waals surface area contributed by atoms with Crippen LogP contribution in [0.4, 0.5) is 0 Å². The van der Waals surface area contributed by atoms with Crippen LogP contribution >= 0.6 is 0 Å². The zero-order valence-corrected chi connectivity index (χ0v) is 14.6. The van der Waals surface area contributed by atoms with Crippen LogP contribution < -0.4 is 5.19 Å². The van der Waals surface area contributed by atoms with Crippen molar-refractivity contribution in [3.8, 4) is 0 Å². The van der Waals surface area contributed by atoms with Gasteiger partial charge in [0, 0.05) is 17.8 Å². The molecule has 3 rings (SSSR count). The van der Waals surface area contributed by atoms with E-state index in [0.29, 0.717) is 5.65 Å². The van der Waals surface area contributed by atoms with Crippen LogP contribution in [0.25, 0.3) is 11.0 Å². The minimum absolute atomic E-state index is 0.277. The summed E-state index contributed by atoms with van der Waals surface area (Å²) in [5.41, 5.74) is 0.503. The Kier molecular flexibility index (Phi) is 3.45. The number of benzene rings is 1. The van der Waals surface area contributed by atoms with E-state index in [-0.39, 0.29) is 4.90 Å². The van der Waals surface area contributed by atoms with Gasteiger partial charge in [0.05, 0.1) is 13.0 Å². The van der Waals surface area contributed by atoms with Gasteiger partial charge in [0.15, 0.2) is 5.65 Å². The van der Waals surface area contributed by atoms with Crippen LogP contribution in [0.1, 0.15) is 0 Å². The minimum Gasteiger partial charge on any atom is -0.237 e. The molecule has 0 saturated carbocycles. The fraction of sp³-hybridized carbons (Fsp3) is 0.188. The van der Waals surface area contributed by atoms with Gasteiger partial charge in [0.2, 0.25) is 0 Å². The molecule has 0 aliphatic heterocycles. The third-order valence-corrected chi connectivity index (χ3v) is 7.32. The lowest BCUT2D eigenvalue weighted by Crippen LogP contribution is -2.37. The fourth-order valence-electron chi connectivity index (χ4n) is 2.52. The first kappa shape index (κ1) is 15.0. The van der Waals surface area contributed by atoms with Gasteiger partial charge in [0.1, 0.15) is 0 Å². The maximum atomic E-state index is 12.9. The second-order valence-corrected chi connectivity index (χ2v) is 13.1. The molecule has 0 spiro atoms. The van der Waals surface area contributed by atoms with Crippen molar-refractivity contribution < 1.29 is 8.42 Å². The zero-order valence-electron chi connectivity index (χ0n) is 12.8. The number of rotatable bonds is 3. The van der Waals surface area contributed by atoms with Crippen molar-refractivity contribution in [1.29, 1.82) is 0 Å². The second-order valence-electron chi connectivity index (χ2n) is 6.28. The van der Waals surface area contributed by atoms with Crippen LogP contribution in [0, 0.1) is 0 Å². The molecule has 2 aromatic heterocycles. The molecular formula is C16H18N2O2SSi. The smallest absolute Gasteiger partial charge is 0.237 e. The van der Waals surface area contributed by atoms with Crippen molar-refractivity contribution in [2.24, 2.45) is 0 Å². The Morgan fingerprint density at radius 2 is 1.68 bits per heavy atom. The maximum Gasteiger partial charge on any atom is 0.269 e. The number of fused-ring (bicyclic) bond motifs is 1. The highest BCUT2D eigenvalue weighted by Crippen LogP contribution is 2.21. The lowest BCUT2D eigenvalue weighted by molar-refractivity contribution is 0.589. The summed E-state index contributed by atoms with van der Waals surface area (Å²) in [4.78, 5) is 4.59. The highest BCUT2D eigenvalue weighted by Gasteiger charge is 2.27. The Labute approximate surface area is 131 Å². The molecular weight excluding hydrogens is 312 g/mol. The topological polar surface area (TPSA) is 52.0 Å². The molecule has 6 heteroatoms. The van der Waals surface area contributed by atoms with Crippen molar-refractivity contribution in [1.82, 2.24) is 8.96 Å². The molecule has 0 unspecified atom stereocenters. The van der Waals surface area contributed by atoms with Crippen molar-refractivity contribution in [2.45, 2.75) is 24.5 Å². The third-order valence-electron chi connectivity index (χ3n) is 3.64. The van der Waals surface area contributed by atoms with Crippen LogP contribution in [0.5, 0.6) is 0 Å². The quantitative estimate of drug-likeness (QED) is 0.694. The van der Waals surface area contributed by atoms with Crippen LogP contribution in [0.3, 0.4) is 0 Å². The Bertz CT molecular complexity index is 926. The normalized spacial score (nSPS) is 12.7. The van der Waals surface area contributed by atoms with Gasteiger partial charge in [-0.2, -0.15) is 0 Å². The summed E-state index contributed by atoms with van der Waals surface area (Å²) in [5, 5.41) is 2.04. The molecule has 0 bridgehead atoms. The van der Waals surface area contributed by atoms with Crippen molar-refractivity contribution >= 4 is 34.3 Å². The molecule has 0 atom stereocenters. The summed E-state index contributed by atoms with van der Waals surface area (Å²) in [5.74, 6) is 0. The standard InChI is InChI=1S/C16H18N2O2SSi/c1-22(2,3)15-12-18(16-14(15)10-7-11-17-16)21(19,20)13-8-5-4-6-9-13/h4-12H,1-3H3. The number of nitrogens with zero attached hydrogens (tertiary/aromatic N) is 2. The molecule has 2 heterocycles. The van der Waals surface area contributed by atoms with E-state index in [1.54, 1.807) is 42.7 Å². The Hall–Kier alpha value is -1.92. The van der Waals surface area contributed by atoms with E-state index in [4.69, 9.17) is 0 Å². The molecule has 0 amide bonds. The molecule has 0 aliphatic rings. The lowest BCUT2D eigenvalue weighted by Gasteiger charge is -2.14. The molecule has 0 radical (unpaired) electrons. The maximum absolute atomic E-state index is 12.9. The number of hydrogen-bond donors (Lipinski definition) is 0. The van der Waals surface area contributed by atoms with Crippen molar-refractivity contribution in [2.75, 3.05) is 0 Å². The molecule has 0 saturated heterocycles. The predicted molar refractivity (Wildman–Crippen MR) is 91.7 cm³/mol. The van der Waals surface area contributed by atoms with E-state index < -0.39 is 18.1 Å². The Morgan fingerprint density at radius 3 is 2.32 bits per heavy atom. The second kappa shape index (κ2) is 5.07. The minimum atomic E-state index is -3.63. The summed E-state index contributed by atoms with van der Waals surface area (Å²) in [6, 6.07) is 12.3. The summed E-state index contributed by atoms with van der Waals surface area (Å²) in [6.45, 7) is 6.61. The highest BCUT2D eigenvalue weighted by molar-refractivity contribution is 7.90. The predicted octanol–water partition coefficient (Wildman–Crippen LogP) is 2.82. The van der Waals surface area contributed by atoms with Gasteiger partial charge < -0.3 is 0 Å². The fourth-order valence-corrected chi connectivity index (χ4v) is 5.48. The van der Waals surface area contributed by atoms with E-state index in [0.717, 1.165) is 10.6 Å². The van der Waals surface area contributed by atoms with E-state index >= 15 is 0 Å². The number of pyridine rings is 1. The van der Waals surface area contributed by atoms with E-state index in [2.05, 4.69) is 24.6 Å². The van der Waals surface area contributed by atoms with Gasteiger partial charge in [-0.25, -0.2) is 17.4 Å². The molecule has 0 aliphatic carbocycles. The molecule has 4 nitrogen and oxygen atoms in total. The first-order valence-electron chi connectivity index (χ1n) is 7.09. The van der Waals surface area contributed by atoms with Crippen LogP contribution in [-0.4, -0.2) is 25.4 Å². The summed E-state index contributed by atoms with van der Waals surface area (Å²) >= 11 is 0. The van der Waals surface area contributed by atoms with Gasteiger partial charge in [-0.15, -0.1) is 0 Å². The number of aromatic nitrogens is 2. The number of hydrogen-bond acceptors (Lipinski definition) is 3. The lowest BCUT2D eigenvalue weighted by atomic mass is 10.3. The van der Waals surface area contributed by atoms with Crippen molar-refractivity contribution in [3.63, 3.8) is 0 Å². The molecule has 0 N–H and O–H groups in total. The largest absolute Gasteiger partial charge is 0.269 e.